The van der Waals surface area contributed by atoms with E-state index in [1.807, 2.05) is 0 Å². The number of thioether (sulfide) groups is 1. The van der Waals surface area contributed by atoms with Gasteiger partial charge in [0.25, 0.3) is 11.5 Å². The number of amides is 1. The number of rotatable bonds is 9. The van der Waals surface area contributed by atoms with Crippen molar-refractivity contribution in [3.8, 4) is 11.5 Å². The van der Waals surface area contributed by atoms with E-state index in [4.69, 9.17) is 4.74 Å². The van der Waals surface area contributed by atoms with E-state index in [9.17, 15) is 14.7 Å². The molecule has 0 unspecified atom stereocenters. The molecule has 0 fully saturated rings. The second kappa shape index (κ2) is 10.5. The molecule has 3 N–H and O–H groups in total. The average Bonchev–Trinajstić information content (AvgIpc) is 2.67. The Labute approximate surface area is 167 Å². The van der Waals surface area contributed by atoms with E-state index in [-0.39, 0.29) is 23.0 Å². The van der Waals surface area contributed by atoms with Crippen LogP contribution in [-0.4, -0.2) is 40.1 Å². The van der Waals surface area contributed by atoms with Gasteiger partial charge in [0, 0.05) is 16.8 Å². The molecule has 0 bridgehead atoms. The number of aromatic amines is 1. The summed E-state index contributed by atoms with van der Waals surface area (Å²) in [7, 11) is 1.45. The summed E-state index contributed by atoms with van der Waals surface area (Å²) in [6.45, 7) is 3.87. The number of nitrogens with one attached hydrogen (secondary N) is 2. The standard InChI is InChI=1S/C19H24N4O4S/c1-4-5-8-14-12(2)21-19(22-18(14)26)28-11-16(24)23-20-10-13-7-6-9-15(27-3)17(13)25/h6-7,9-10,25H,4-5,8,11H2,1-3H3,(H,23,24)(H,21,22,26). The number of aromatic nitrogens is 2. The topological polar surface area (TPSA) is 117 Å². The third-order valence-corrected chi connectivity index (χ3v) is 4.84. The van der Waals surface area contributed by atoms with Crippen LogP contribution in [0.3, 0.4) is 0 Å². The number of phenolic OH excluding ortho intramolecular Hbond substituents is 1. The van der Waals surface area contributed by atoms with Crippen LogP contribution in [0.25, 0.3) is 0 Å². The van der Waals surface area contributed by atoms with Crippen molar-refractivity contribution in [2.75, 3.05) is 12.9 Å². The highest BCUT2D eigenvalue weighted by Crippen LogP contribution is 2.27. The molecular formula is C19H24N4O4S. The largest absolute Gasteiger partial charge is 0.504 e. The molecule has 0 saturated carbocycles. The lowest BCUT2D eigenvalue weighted by Crippen LogP contribution is -2.21. The minimum atomic E-state index is -0.362. The molecule has 0 aliphatic heterocycles. The summed E-state index contributed by atoms with van der Waals surface area (Å²) < 4.78 is 5.01. The van der Waals surface area contributed by atoms with Gasteiger partial charge in [-0.1, -0.05) is 31.2 Å². The molecule has 1 aromatic heterocycles. The maximum atomic E-state index is 12.2. The van der Waals surface area contributed by atoms with Crippen LogP contribution in [0.4, 0.5) is 0 Å². The van der Waals surface area contributed by atoms with Crippen molar-refractivity contribution >= 4 is 23.9 Å². The van der Waals surface area contributed by atoms with E-state index in [1.165, 1.54) is 13.3 Å². The molecule has 150 valence electrons. The number of hydrogen-bond acceptors (Lipinski definition) is 7. The molecular weight excluding hydrogens is 380 g/mol. The summed E-state index contributed by atoms with van der Waals surface area (Å²) >= 11 is 1.12. The molecule has 0 saturated heterocycles. The molecule has 0 aliphatic carbocycles. The van der Waals surface area contributed by atoms with Crippen molar-refractivity contribution < 1.29 is 14.6 Å². The maximum absolute atomic E-state index is 12.2. The Hall–Kier alpha value is -2.81. The highest BCUT2D eigenvalue weighted by molar-refractivity contribution is 7.99. The monoisotopic (exact) mass is 404 g/mol. The van der Waals surface area contributed by atoms with Crippen molar-refractivity contribution in [1.29, 1.82) is 0 Å². The van der Waals surface area contributed by atoms with E-state index in [0.29, 0.717) is 34.1 Å². The van der Waals surface area contributed by atoms with Crippen LogP contribution in [0.2, 0.25) is 0 Å². The molecule has 0 atom stereocenters. The maximum Gasteiger partial charge on any atom is 0.254 e. The lowest BCUT2D eigenvalue weighted by Gasteiger charge is -2.06. The minimum Gasteiger partial charge on any atom is -0.504 e. The first-order valence-corrected chi connectivity index (χ1v) is 9.85. The quantitative estimate of drug-likeness (QED) is 0.256. The molecule has 0 radical (unpaired) electrons. The summed E-state index contributed by atoms with van der Waals surface area (Å²) in [6.07, 6.45) is 3.96. The fourth-order valence-electron chi connectivity index (χ4n) is 2.45. The van der Waals surface area contributed by atoms with Crippen molar-refractivity contribution in [1.82, 2.24) is 15.4 Å². The van der Waals surface area contributed by atoms with Crippen molar-refractivity contribution in [3.05, 3.63) is 45.4 Å². The van der Waals surface area contributed by atoms with Gasteiger partial charge in [0.2, 0.25) is 0 Å². The molecule has 0 spiro atoms. The number of para-hydroxylation sites is 1. The first kappa shape index (κ1) is 21.5. The number of aryl methyl sites for hydroxylation is 1. The highest BCUT2D eigenvalue weighted by Gasteiger charge is 2.10. The van der Waals surface area contributed by atoms with Gasteiger partial charge >= 0.3 is 0 Å². The van der Waals surface area contributed by atoms with E-state index in [0.717, 1.165) is 24.6 Å². The summed E-state index contributed by atoms with van der Waals surface area (Å²) in [5.41, 5.74) is 4.01. The number of hydrazone groups is 1. The third kappa shape index (κ3) is 5.85. The minimum absolute atomic E-state index is 0.0398. The number of aromatic hydroxyl groups is 1. The Kier molecular flexibility index (Phi) is 8.06. The zero-order valence-electron chi connectivity index (χ0n) is 16.1. The molecule has 8 nitrogen and oxygen atoms in total. The van der Waals surface area contributed by atoms with Gasteiger partial charge in [-0.25, -0.2) is 10.4 Å². The van der Waals surface area contributed by atoms with Gasteiger partial charge in [-0.15, -0.1) is 0 Å². The van der Waals surface area contributed by atoms with Crippen LogP contribution in [-0.2, 0) is 11.2 Å². The fraction of sp³-hybridized carbons (Fsp3) is 0.368. The first-order chi connectivity index (χ1) is 13.5. The molecule has 9 heteroatoms. The van der Waals surface area contributed by atoms with Crippen LogP contribution in [0.15, 0.2) is 33.3 Å². The van der Waals surface area contributed by atoms with Gasteiger partial charge in [0.15, 0.2) is 16.7 Å². The van der Waals surface area contributed by atoms with Gasteiger partial charge in [-0.3, -0.25) is 9.59 Å². The van der Waals surface area contributed by atoms with Crippen molar-refractivity contribution in [2.45, 2.75) is 38.3 Å². The zero-order valence-corrected chi connectivity index (χ0v) is 16.9. The Morgan fingerprint density at radius 3 is 2.93 bits per heavy atom. The van der Waals surface area contributed by atoms with E-state index < -0.39 is 0 Å². The normalized spacial score (nSPS) is 11.0. The molecule has 1 aromatic carbocycles. The van der Waals surface area contributed by atoms with E-state index >= 15 is 0 Å². The van der Waals surface area contributed by atoms with E-state index in [1.54, 1.807) is 25.1 Å². The van der Waals surface area contributed by atoms with Gasteiger partial charge in [0.05, 0.1) is 19.1 Å². The Bertz CT molecular complexity index is 911. The van der Waals surface area contributed by atoms with Crippen LogP contribution >= 0.6 is 11.8 Å². The second-order valence-corrected chi connectivity index (χ2v) is 6.98. The molecule has 0 aliphatic rings. The fourth-order valence-corrected chi connectivity index (χ4v) is 3.15. The van der Waals surface area contributed by atoms with E-state index in [2.05, 4.69) is 27.4 Å². The van der Waals surface area contributed by atoms with Crippen LogP contribution in [0.1, 0.15) is 36.6 Å². The van der Waals surface area contributed by atoms with Crippen LogP contribution in [0.5, 0.6) is 11.5 Å². The number of ether oxygens (including phenoxy) is 1. The van der Waals surface area contributed by atoms with Crippen molar-refractivity contribution in [3.63, 3.8) is 0 Å². The highest BCUT2D eigenvalue weighted by atomic mass is 32.2. The number of hydrogen-bond donors (Lipinski definition) is 3. The molecule has 2 rings (SSSR count). The van der Waals surface area contributed by atoms with Crippen molar-refractivity contribution in [2.24, 2.45) is 5.10 Å². The number of carbonyl (C=O) groups is 1. The molecule has 1 amide bonds. The first-order valence-electron chi connectivity index (χ1n) is 8.86. The number of unbranched alkanes of at least 4 members (excludes halogenated alkanes) is 1. The number of H-pyrrole nitrogens is 1. The molecule has 1 heterocycles. The predicted molar refractivity (Wildman–Crippen MR) is 109 cm³/mol. The Balaban J connectivity index is 1.91. The lowest BCUT2D eigenvalue weighted by atomic mass is 10.1. The second-order valence-electron chi connectivity index (χ2n) is 6.02. The lowest BCUT2D eigenvalue weighted by molar-refractivity contribution is -0.118. The predicted octanol–water partition coefficient (Wildman–Crippen LogP) is 2.38. The third-order valence-electron chi connectivity index (χ3n) is 3.96. The summed E-state index contributed by atoms with van der Waals surface area (Å²) in [6, 6.07) is 4.96. The van der Waals surface area contributed by atoms with Gasteiger partial charge < -0.3 is 14.8 Å². The molecule has 28 heavy (non-hydrogen) atoms. The number of methoxy groups -OCH3 is 1. The number of carbonyl (C=O) groups excluding carboxylic acids is 1. The zero-order chi connectivity index (χ0) is 20.5. The average molecular weight is 404 g/mol. The summed E-state index contributed by atoms with van der Waals surface area (Å²) in [5, 5.41) is 14.2. The molecule has 2 aromatic rings. The van der Waals surface area contributed by atoms with Gasteiger partial charge in [-0.05, 0) is 31.9 Å². The number of nitrogens with zero attached hydrogens (tertiary/aromatic N) is 2. The number of phenols is 1. The Morgan fingerprint density at radius 1 is 1.46 bits per heavy atom. The summed E-state index contributed by atoms with van der Waals surface area (Å²) in [5.74, 6) is -0.0617. The smallest absolute Gasteiger partial charge is 0.254 e. The Morgan fingerprint density at radius 2 is 2.25 bits per heavy atom. The van der Waals surface area contributed by atoms with Gasteiger partial charge in [-0.2, -0.15) is 5.10 Å². The van der Waals surface area contributed by atoms with Crippen LogP contribution in [0, 0.1) is 6.92 Å². The van der Waals surface area contributed by atoms with Crippen LogP contribution < -0.4 is 15.7 Å². The number of benzene rings is 1. The summed E-state index contributed by atoms with van der Waals surface area (Å²) in [4.78, 5) is 31.2. The SMILES string of the molecule is CCCCc1c(C)nc(SCC(=O)NN=Cc2cccc(OC)c2O)[nH]c1=O. The van der Waals surface area contributed by atoms with Gasteiger partial charge in [0.1, 0.15) is 0 Å².